The molecule has 8 nitrogen and oxygen atoms in total. The first kappa shape index (κ1) is 20.3. The van der Waals surface area contributed by atoms with Gasteiger partial charge in [0.1, 0.15) is 0 Å². The van der Waals surface area contributed by atoms with Crippen molar-refractivity contribution in [1.29, 1.82) is 0 Å². The molecule has 3 aromatic rings. The SMILES string of the molecule is Cl.Cn1nc(C2CCNCC2)nc1NC(=O)c1cnn(-c2ccc(Cl)cc2)c1. The second-order valence-corrected chi connectivity index (χ2v) is 6.98. The number of hydrogen-bond donors (Lipinski definition) is 2. The number of amides is 1. The molecule has 1 fully saturated rings. The molecule has 0 atom stereocenters. The number of aromatic nitrogens is 5. The molecule has 148 valence electrons. The molecule has 1 aliphatic rings. The highest BCUT2D eigenvalue weighted by Gasteiger charge is 2.21. The zero-order chi connectivity index (χ0) is 18.8. The molecule has 1 aliphatic heterocycles. The van der Waals surface area contributed by atoms with Gasteiger partial charge in [0.2, 0.25) is 5.95 Å². The quantitative estimate of drug-likeness (QED) is 0.675. The number of aryl methyl sites for hydroxylation is 1. The number of carbonyl (C=O) groups is 1. The maximum absolute atomic E-state index is 12.6. The number of hydrogen-bond acceptors (Lipinski definition) is 5. The number of rotatable bonds is 4. The molecule has 2 N–H and O–H groups in total. The Balaban J connectivity index is 0.00000225. The molecule has 0 spiro atoms. The minimum absolute atomic E-state index is 0. The average Bonchev–Trinajstić information content (AvgIpc) is 3.31. The van der Waals surface area contributed by atoms with Crippen LogP contribution < -0.4 is 10.6 Å². The number of benzene rings is 1. The van der Waals surface area contributed by atoms with Crippen molar-refractivity contribution in [1.82, 2.24) is 29.9 Å². The smallest absolute Gasteiger partial charge is 0.261 e. The summed E-state index contributed by atoms with van der Waals surface area (Å²) in [6.07, 6.45) is 5.20. The molecule has 1 amide bonds. The minimum atomic E-state index is -0.275. The molecule has 0 aliphatic carbocycles. The number of carbonyl (C=O) groups excluding carboxylic acids is 1. The summed E-state index contributed by atoms with van der Waals surface area (Å²) in [6, 6.07) is 7.23. The summed E-state index contributed by atoms with van der Waals surface area (Å²) in [7, 11) is 1.78. The maximum Gasteiger partial charge on any atom is 0.261 e. The maximum atomic E-state index is 12.6. The standard InChI is InChI=1S/C18H20ClN7O.ClH/c1-25-18(22-16(24-25)12-6-8-20-9-7-12)23-17(27)13-10-21-26(11-13)15-4-2-14(19)3-5-15;/h2-5,10-12,20H,6-9H2,1H3,(H,22,23,24,27);1H. The van der Waals surface area contributed by atoms with Crippen LogP contribution in [0, 0.1) is 0 Å². The highest BCUT2D eigenvalue weighted by molar-refractivity contribution is 6.30. The molecule has 0 radical (unpaired) electrons. The van der Waals surface area contributed by atoms with Gasteiger partial charge in [0, 0.05) is 24.2 Å². The van der Waals surface area contributed by atoms with Crippen molar-refractivity contribution < 1.29 is 4.79 Å². The minimum Gasteiger partial charge on any atom is -0.317 e. The van der Waals surface area contributed by atoms with Crippen LogP contribution in [-0.4, -0.2) is 43.5 Å². The number of nitrogens with zero attached hydrogens (tertiary/aromatic N) is 5. The molecule has 0 saturated carbocycles. The van der Waals surface area contributed by atoms with Gasteiger partial charge in [-0.25, -0.2) is 9.36 Å². The van der Waals surface area contributed by atoms with Crippen LogP contribution in [0.15, 0.2) is 36.7 Å². The van der Waals surface area contributed by atoms with Crippen LogP contribution >= 0.6 is 24.0 Å². The largest absolute Gasteiger partial charge is 0.317 e. The summed E-state index contributed by atoms with van der Waals surface area (Å²) >= 11 is 5.91. The third-order valence-electron chi connectivity index (χ3n) is 4.65. The van der Waals surface area contributed by atoms with Gasteiger partial charge in [0.15, 0.2) is 5.82 Å². The van der Waals surface area contributed by atoms with Gasteiger partial charge in [-0.2, -0.15) is 15.2 Å². The van der Waals surface area contributed by atoms with E-state index < -0.39 is 0 Å². The van der Waals surface area contributed by atoms with E-state index in [4.69, 9.17) is 11.6 Å². The first-order valence-corrected chi connectivity index (χ1v) is 9.21. The molecule has 1 saturated heterocycles. The van der Waals surface area contributed by atoms with Gasteiger partial charge in [-0.05, 0) is 50.2 Å². The van der Waals surface area contributed by atoms with E-state index in [0.29, 0.717) is 22.5 Å². The molecule has 3 heterocycles. The zero-order valence-corrected chi connectivity index (χ0v) is 16.9. The highest BCUT2D eigenvalue weighted by atomic mass is 35.5. The summed E-state index contributed by atoms with van der Waals surface area (Å²) in [5.41, 5.74) is 1.27. The second kappa shape index (κ2) is 8.72. The molecule has 10 heteroatoms. The monoisotopic (exact) mass is 421 g/mol. The number of anilines is 1. The van der Waals surface area contributed by atoms with Crippen molar-refractivity contribution in [3.63, 3.8) is 0 Å². The van der Waals surface area contributed by atoms with Gasteiger partial charge < -0.3 is 5.32 Å². The van der Waals surface area contributed by atoms with Gasteiger partial charge in [-0.1, -0.05) is 11.6 Å². The van der Waals surface area contributed by atoms with Crippen molar-refractivity contribution in [2.24, 2.45) is 7.05 Å². The number of piperidine rings is 1. The fourth-order valence-electron chi connectivity index (χ4n) is 3.11. The summed E-state index contributed by atoms with van der Waals surface area (Å²) in [4.78, 5) is 17.1. The fourth-order valence-corrected chi connectivity index (χ4v) is 3.24. The van der Waals surface area contributed by atoms with Crippen molar-refractivity contribution in [3.8, 4) is 5.69 Å². The van der Waals surface area contributed by atoms with E-state index in [-0.39, 0.29) is 18.3 Å². The topological polar surface area (TPSA) is 89.7 Å². The van der Waals surface area contributed by atoms with E-state index >= 15 is 0 Å². The van der Waals surface area contributed by atoms with Gasteiger partial charge in [0.05, 0.1) is 17.4 Å². The lowest BCUT2D eigenvalue weighted by Gasteiger charge is -2.19. The Morgan fingerprint density at radius 3 is 2.68 bits per heavy atom. The number of halogens is 2. The Bertz CT molecular complexity index is 945. The van der Waals surface area contributed by atoms with Crippen molar-refractivity contribution in [3.05, 3.63) is 53.1 Å². The van der Waals surface area contributed by atoms with Crippen LogP contribution in [-0.2, 0) is 7.05 Å². The molecule has 4 rings (SSSR count). The Morgan fingerprint density at radius 2 is 1.96 bits per heavy atom. The molecule has 2 aromatic heterocycles. The number of nitrogens with one attached hydrogen (secondary N) is 2. The van der Waals surface area contributed by atoms with E-state index in [9.17, 15) is 4.79 Å². The zero-order valence-electron chi connectivity index (χ0n) is 15.3. The molecule has 1 aromatic carbocycles. The van der Waals surface area contributed by atoms with Crippen molar-refractivity contribution >= 4 is 35.9 Å². The Morgan fingerprint density at radius 1 is 1.25 bits per heavy atom. The van der Waals surface area contributed by atoms with Crippen LogP contribution in [0.3, 0.4) is 0 Å². The van der Waals surface area contributed by atoms with Crippen LogP contribution in [0.25, 0.3) is 5.69 Å². The lowest BCUT2D eigenvalue weighted by molar-refractivity contribution is 0.102. The van der Waals surface area contributed by atoms with Gasteiger partial charge in [-0.15, -0.1) is 12.4 Å². The molecular weight excluding hydrogens is 401 g/mol. The Hall–Kier alpha value is -2.42. The Kier molecular flexibility index (Phi) is 6.33. The predicted molar refractivity (Wildman–Crippen MR) is 110 cm³/mol. The van der Waals surface area contributed by atoms with E-state index in [1.165, 1.54) is 6.20 Å². The van der Waals surface area contributed by atoms with Gasteiger partial charge in [0.25, 0.3) is 5.91 Å². The lowest BCUT2D eigenvalue weighted by Crippen LogP contribution is -2.27. The van der Waals surface area contributed by atoms with Gasteiger partial charge in [-0.3, -0.25) is 10.1 Å². The van der Waals surface area contributed by atoms with Crippen molar-refractivity contribution in [2.75, 3.05) is 18.4 Å². The predicted octanol–water partition coefficient (Wildman–Crippen LogP) is 2.80. The first-order chi connectivity index (χ1) is 13.1. The van der Waals surface area contributed by atoms with E-state index in [0.717, 1.165) is 37.4 Å². The van der Waals surface area contributed by atoms with Crippen LogP contribution in [0.4, 0.5) is 5.95 Å². The average molecular weight is 422 g/mol. The normalized spacial score (nSPS) is 14.5. The molecule has 28 heavy (non-hydrogen) atoms. The fraction of sp³-hybridized carbons (Fsp3) is 0.333. The summed E-state index contributed by atoms with van der Waals surface area (Å²) < 4.78 is 3.24. The van der Waals surface area contributed by atoms with E-state index in [2.05, 4.69) is 25.8 Å². The lowest BCUT2D eigenvalue weighted by atomic mass is 9.98. The first-order valence-electron chi connectivity index (χ1n) is 8.84. The van der Waals surface area contributed by atoms with Gasteiger partial charge >= 0.3 is 0 Å². The third kappa shape index (κ3) is 4.35. The Labute approximate surface area is 173 Å². The van der Waals surface area contributed by atoms with Crippen LogP contribution in [0.1, 0.15) is 34.9 Å². The third-order valence-corrected chi connectivity index (χ3v) is 4.90. The van der Waals surface area contributed by atoms with E-state index in [1.54, 1.807) is 34.7 Å². The van der Waals surface area contributed by atoms with E-state index in [1.807, 2.05) is 12.1 Å². The molecular formula is C18H21Cl2N7O. The van der Waals surface area contributed by atoms with Crippen molar-refractivity contribution in [2.45, 2.75) is 18.8 Å². The van der Waals surface area contributed by atoms with Crippen LogP contribution in [0.5, 0.6) is 0 Å². The summed E-state index contributed by atoms with van der Waals surface area (Å²) in [6.45, 7) is 1.93. The molecule has 0 unspecified atom stereocenters. The summed E-state index contributed by atoms with van der Waals surface area (Å²) in [5, 5.41) is 15.5. The highest BCUT2D eigenvalue weighted by Crippen LogP contribution is 2.23. The molecule has 0 bridgehead atoms. The second-order valence-electron chi connectivity index (χ2n) is 6.55. The summed E-state index contributed by atoms with van der Waals surface area (Å²) in [5.74, 6) is 1.28. The van der Waals surface area contributed by atoms with Crippen LogP contribution in [0.2, 0.25) is 5.02 Å².